The molecule has 0 saturated carbocycles. The van der Waals surface area contributed by atoms with E-state index in [2.05, 4.69) is 15.0 Å². The molecule has 0 bridgehead atoms. The maximum absolute atomic E-state index is 11.7. The third-order valence-electron chi connectivity index (χ3n) is 3.97. The van der Waals surface area contributed by atoms with Gasteiger partial charge in [-0.1, -0.05) is 11.6 Å². The fourth-order valence-electron chi connectivity index (χ4n) is 2.96. The van der Waals surface area contributed by atoms with Crippen molar-refractivity contribution in [1.82, 2.24) is 19.5 Å². The lowest BCUT2D eigenvalue weighted by molar-refractivity contribution is -0.166. The van der Waals surface area contributed by atoms with Gasteiger partial charge in [-0.05, 0) is 11.6 Å². The minimum atomic E-state index is -0.896. The maximum Gasteiger partial charge on any atom is 0.303 e. The Morgan fingerprint density at radius 3 is 2.34 bits per heavy atom. The van der Waals surface area contributed by atoms with Crippen molar-refractivity contribution in [2.24, 2.45) is 0 Å². The topological polar surface area (TPSA) is 123 Å². The average Bonchev–Trinajstić information content (AvgIpc) is 3.15. The zero-order valence-electron chi connectivity index (χ0n) is 15.5. The molecule has 0 aromatic carbocycles. The van der Waals surface area contributed by atoms with E-state index in [1.807, 2.05) is 0 Å². The van der Waals surface area contributed by atoms with Crippen LogP contribution in [0, 0.1) is 0 Å². The number of nitrogens with zero attached hydrogens (tertiary/aromatic N) is 4. The fourth-order valence-corrected chi connectivity index (χ4v) is 4.90. The number of carbonyl (C=O) groups is 3. The molecule has 1 aliphatic heterocycles. The van der Waals surface area contributed by atoms with Crippen molar-refractivity contribution >= 4 is 64.0 Å². The predicted molar refractivity (Wildman–Crippen MR) is 104 cm³/mol. The lowest BCUT2D eigenvalue weighted by Gasteiger charge is -2.25. The van der Waals surface area contributed by atoms with Crippen LogP contribution in [0.3, 0.4) is 0 Å². The number of esters is 3. The Kier molecular flexibility index (Phi) is 6.49. The van der Waals surface area contributed by atoms with E-state index in [-0.39, 0.29) is 17.0 Å². The Labute approximate surface area is 179 Å². The number of carbonyl (C=O) groups excluding carboxylic acids is 3. The Bertz CT molecular complexity index is 970. The van der Waals surface area contributed by atoms with E-state index < -0.39 is 40.7 Å². The highest BCUT2D eigenvalue weighted by molar-refractivity contribution is 8.00. The van der Waals surface area contributed by atoms with Crippen LogP contribution < -0.4 is 0 Å². The molecule has 1 fully saturated rings. The van der Waals surface area contributed by atoms with Gasteiger partial charge in [0.1, 0.15) is 17.5 Å². The number of hydrogen-bond donors (Lipinski definition) is 0. The monoisotopic (exact) mass is 462 g/mol. The second-order valence-corrected chi connectivity index (χ2v) is 8.18. The fraction of sp³-hybridized carbons (Fsp3) is 0.500. The first-order valence-corrected chi connectivity index (χ1v) is 10.1. The summed E-state index contributed by atoms with van der Waals surface area (Å²) in [7, 11) is 0. The number of aromatic nitrogens is 4. The van der Waals surface area contributed by atoms with Crippen LogP contribution in [0.2, 0.25) is 10.4 Å². The summed E-state index contributed by atoms with van der Waals surface area (Å²) < 4.78 is 17.6. The molecule has 2 aromatic heterocycles. The number of hydrogen-bond acceptors (Lipinski definition) is 10. The standard InChI is InChI=1S/C16H16Cl2N4O6S/c1-6(23)26-4-9-11(27-7(2)24)12(28-8(3)25)15(29-9)22-5-19-10-13(17)20-16(18)21-14(10)22/h5,9,11-12,15H,4H2,1-3H3/t9-,11-,12-,15-/m1/s1. The molecule has 0 amide bonds. The van der Waals surface area contributed by atoms with Gasteiger partial charge in [0.05, 0.1) is 11.6 Å². The quantitative estimate of drug-likeness (QED) is 0.282. The molecule has 10 nitrogen and oxygen atoms in total. The van der Waals surface area contributed by atoms with E-state index in [1.165, 1.54) is 38.9 Å². The molecule has 4 atom stereocenters. The number of fused-ring (bicyclic) bond motifs is 1. The lowest BCUT2D eigenvalue weighted by Crippen LogP contribution is -2.40. The lowest BCUT2D eigenvalue weighted by atomic mass is 10.1. The van der Waals surface area contributed by atoms with E-state index in [4.69, 9.17) is 37.4 Å². The predicted octanol–water partition coefficient (Wildman–Crippen LogP) is 2.17. The van der Waals surface area contributed by atoms with Crippen LogP contribution in [0.4, 0.5) is 0 Å². The van der Waals surface area contributed by atoms with Gasteiger partial charge in [0.15, 0.2) is 23.0 Å². The summed E-state index contributed by atoms with van der Waals surface area (Å²) in [5.74, 6) is -1.62. The highest BCUT2D eigenvalue weighted by Gasteiger charge is 2.50. The first kappa shape index (κ1) is 21.6. The van der Waals surface area contributed by atoms with Crippen molar-refractivity contribution in [3.63, 3.8) is 0 Å². The van der Waals surface area contributed by atoms with Crippen molar-refractivity contribution in [2.45, 2.75) is 43.6 Å². The molecule has 0 N–H and O–H groups in total. The number of ether oxygens (including phenoxy) is 3. The summed E-state index contributed by atoms with van der Waals surface area (Å²) in [5, 5.41) is -1.11. The molecule has 3 rings (SSSR count). The van der Waals surface area contributed by atoms with Crippen LogP contribution in [-0.4, -0.2) is 61.5 Å². The van der Waals surface area contributed by atoms with E-state index >= 15 is 0 Å². The van der Waals surface area contributed by atoms with E-state index in [9.17, 15) is 14.4 Å². The van der Waals surface area contributed by atoms with Gasteiger partial charge in [-0.3, -0.25) is 19.0 Å². The molecule has 0 unspecified atom stereocenters. The van der Waals surface area contributed by atoms with Crippen molar-refractivity contribution in [3.05, 3.63) is 16.8 Å². The van der Waals surface area contributed by atoms with Crippen LogP contribution in [-0.2, 0) is 28.6 Å². The van der Waals surface area contributed by atoms with E-state index in [1.54, 1.807) is 4.57 Å². The molecule has 0 spiro atoms. The summed E-state index contributed by atoms with van der Waals surface area (Å²) in [6, 6.07) is 0. The summed E-state index contributed by atoms with van der Waals surface area (Å²) in [5.41, 5.74) is 0.630. The smallest absolute Gasteiger partial charge is 0.303 e. The van der Waals surface area contributed by atoms with Crippen LogP contribution in [0.15, 0.2) is 6.33 Å². The summed E-state index contributed by atoms with van der Waals surface area (Å²) in [6.07, 6.45) is -0.308. The minimum Gasteiger partial charge on any atom is -0.465 e. The number of imidazole rings is 1. The summed E-state index contributed by atoms with van der Waals surface area (Å²) in [6.45, 7) is 3.71. The Balaban J connectivity index is 2.04. The van der Waals surface area contributed by atoms with Crippen LogP contribution in [0.1, 0.15) is 26.1 Å². The molecule has 3 heterocycles. The molecule has 156 valence electrons. The second-order valence-electron chi connectivity index (χ2n) is 6.12. The summed E-state index contributed by atoms with van der Waals surface area (Å²) >= 11 is 13.3. The van der Waals surface area contributed by atoms with Crippen LogP contribution in [0.25, 0.3) is 11.2 Å². The van der Waals surface area contributed by atoms with Gasteiger partial charge in [-0.2, -0.15) is 4.98 Å². The molecule has 2 aromatic rings. The molecule has 0 radical (unpaired) electrons. The average molecular weight is 463 g/mol. The first-order valence-electron chi connectivity index (χ1n) is 8.36. The number of thioether (sulfide) groups is 1. The largest absolute Gasteiger partial charge is 0.465 e. The van der Waals surface area contributed by atoms with Crippen molar-refractivity contribution in [2.75, 3.05) is 6.61 Å². The Hall–Kier alpha value is -2.11. The zero-order chi connectivity index (χ0) is 21.3. The van der Waals surface area contributed by atoms with Crippen LogP contribution >= 0.6 is 35.0 Å². The SMILES string of the molecule is CC(=O)OC[C@H]1S[C@@H](n2cnc3c(Cl)nc(Cl)nc32)[C@H](OC(C)=O)[C@@H]1OC(C)=O. The molecular formula is C16H16Cl2N4O6S. The zero-order valence-corrected chi connectivity index (χ0v) is 17.8. The molecule has 29 heavy (non-hydrogen) atoms. The van der Waals surface area contributed by atoms with Gasteiger partial charge in [0.25, 0.3) is 0 Å². The third kappa shape index (κ3) is 4.73. The van der Waals surface area contributed by atoms with Crippen molar-refractivity contribution in [1.29, 1.82) is 0 Å². The Morgan fingerprint density at radius 1 is 1.07 bits per heavy atom. The second kappa shape index (κ2) is 8.72. The van der Waals surface area contributed by atoms with Gasteiger partial charge in [0, 0.05) is 20.8 Å². The highest BCUT2D eigenvalue weighted by atomic mass is 35.5. The summed E-state index contributed by atoms with van der Waals surface area (Å²) in [4.78, 5) is 46.9. The first-order chi connectivity index (χ1) is 13.7. The van der Waals surface area contributed by atoms with Gasteiger partial charge in [-0.15, -0.1) is 11.8 Å². The highest BCUT2D eigenvalue weighted by Crippen LogP contribution is 2.46. The molecule has 1 saturated heterocycles. The van der Waals surface area contributed by atoms with Gasteiger partial charge >= 0.3 is 17.9 Å². The molecule has 1 aliphatic rings. The van der Waals surface area contributed by atoms with Gasteiger partial charge < -0.3 is 14.2 Å². The third-order valence-corrected chi connectivity index (χ3v) is 5.93. The molecule has 0 aliphatic carbocycles. The Morgan fingerprint density at radius 2 is 1.72 bits per heavy atom. The van der Waals surface area contributed by atoms with Crippen molar-refractivity contribution in [3.8, 4) is 0 Å². The maximum atomic E-state index is 11.7. The van der Waals surface area contributed by atoms with E-state index in [0.29, 0.717) is 11.2 Å². The van der Waals surface area contributed by atoms with Crippen molar-refractivity contribution < 1.29 is 28.6 Å². The normalized spacial score (nSPS) is 23.8. The van der Waals surface area contributed by atoms with Crippen LogP contribution in [0.5, 0.6) is 0 Å². The van der Waals surface area contributed by atoms with Gasteiger partial charge in [-0.25, -0.2) is 9.97 Å². The number of halogens is 2. The molecular weight excluding hydrogens is 447 g/mol. The number of rotatable bonds is 5. The van der Waals surface area contributed by atoms with E-state index in [0.717, 1.165) is 0 Å². The van der Waals surface area contributed by atoms with Gasteiger partial charge in [0.2, 0.25) is 5.28 Å². The minimum absolute atomic E-state index is 0.0463. The molecule has 13 heteroatoms.